The first-order valence-corrected chi connectivity index (χ1v) is 18.8. The second-order valence-electron chi connectivity index (χ2n) is 13.5. The van der Waals surface area contributed by atoms with Crippen LogP contribution in [0.4, 0.5) is 0 Å². The van der Waals surface area contributed by atoms with Gasteiger partial charge >= 0.3 is 0 Å². The van der Waals surface area contributed by atoms with Crippen LogP contribution < -0.4 is 0 Å². The largest absolute Gasteiger partial charge is 0.292 e. The topological polar surface area (TPSA) is 17.8 Å². The zero-order chi connectivity index (χ0) is 39.9. The Kier molecular flexibility index (Phi) is 5.98. The molecule has 54 heavy (non-hydrogen) atoms. The van der Waals surface area contributed by atoms with Gasteiger partial charge in [0, 0.05) is 31.4 Å². The van der Waals surface area contributed by atoms with Crippen molar-refractivity contribution in [2.24, 2.45) is 0 Å². The first kappa shape index (κ1) is 26.0. The lowest BCUT2D eigenvalue weighted by molar-refractivity contribution is 1.10. The van der Waals surface area contributed by atoms with E-state index in [9.17, 15) is 0 Å². The predicted molar refractivity (Wildman–Crippen MR) is 231 cm³/mol. The fourth-order valence-corrected chi connectivity index (χ4v) is 9.32. The van der Waals surface area contributed by atoms with Crippen LogP contribution in [0.25, 0.3) is 103 Å². The number of benzene rings is 9. The molecule has 3 heteroatoms. The summed E-state index contributed by atoms with van der Waals surface area (Å²) in [5, 5.41) is 6.99. The van der Waals surface area contributed by atoms with Gasteiger partial charge < -0.3 is 0 Å². The Hall–Kier alpha value is -6.81. The maximum Gasteiger partial charge on any atom is 0.145 e. The summed E-state index contributed by atoms with van der Waals surface area (Å²) in [5.41, 5.74) is 8.82. The minimum Gasteiger partial charge on any atom is -0.292 e. The lowest BCUT2D eigenvalue weighted by Gasteiger charge is -2.20. The molecule has 0 unspecified atom stereocenters. The molecule has 0 bridgehead atoms. The molecule has 252 valence electrons. The third-order valence-electron chi connectivity index (χ3n) is 10.5. The summed E-state index contributed by atoms with van der Waals surface area (Å²) in [6, 6.07) is 55.3. The van der Waals surface area contributed by atoms with Crippen LogP contribution in [0.15, 0.2) is 194 Å². The predicted octanol–water partition coefficient (Wildman–Crippen LogP) is 14.4. The molecule has 2 nitrogen and oxygen atoms in total. The van der Waals surface area contributed by atoms with Gasteiger partial charge in [0.2, 0.25) is 0 Å². The van der Waals surface area contributed by atoms with E-state index in [-0.39, 0.29) is 17.8 Å². The average Bonchev–Trinajstić information content (AvgIpc) is 3.86. The first-order chi connectivity index (χ1) is 28.9. The molecule has 0 amide bonds. The number of rotatable bonds is 5. The highest BCUT2D eigenvalue weighted by Gasteiger charge is 2.21. The summed E-state index contributed by atoms with van der Waals surface area (Å²) in [5.74, 6) is 0.485. The molecule has 0 N–H and O–H groups in total. The molecule has 0 saturated heterocycles. The molecule has 0 aliphatic heterocycles. The second-order valence-corrected chi connectivity index (χ2v) is 14.6. The van der Waals surface area contributed by atoms with E-state index < -0.39 is 18.1 Å². The highest BCUT2D eigenvalue weighted by molar-refractivity contribution is 7.25. The molecule has 0 atom stereocenters. The molecule has 2 aromatic heterocycles. The smallest absolute Gasteiger partial charge is 0.145 e. The normalized spacial score (nSPS) is 13.0. The standard InChI is InChI=1S/C51H32N2S/c1-3-15-33(16-4-1)34-29-30-40-43(32-34)49(42-24-14-28-47-50(42)41-23-9-12-27-46(41)54-47)39-22-8-7-21-38(39)48(40)35-17-13-18-36(31-35)51-52-44-25-10-11-26-45(44)53(51)37-19-5-2-6-20-37/h1-32H/i2D,5D,6D,19D,20D. The Balaban J connectivity index is 1.22. The molecule has 11 aromatic rings. The van der Waals surface area contributed by atoms with Crippen LogP contribution in [0.5, 0.6) is 0 Å². The van der Waals surface area contributed by atoms with Crippen molar-refractivity contribution < 1.29 is 6.85 Å². The summed E-state index contributed by atoms with van der Waals surface area (Å²) in [6.07, 6.45) is 0. The van der Waals surface area contributed by atoms with Crippen molar-refractivity contribution in [2.75, 3.05) is 0 Å². The van der Waals surface area contributed by atoms with Gasteiger partial charge in [0.25, 0.3) is 0 Å². The van der Waals surface area contributed by atoms with Gasteiger partial charge in [0.15, 0.2) is 0 Å². The molecule has 0 radical (unpaired) electrons. The Morgan fingerprint density at radius 2 is 1.13 bits per heavy atom. The third-order valence-corrected chi connectivity index (χ3v) is 11.6. The Bertz CT molecular complexity index is 3490. The van der Waals surface area contributed by atoms with Gasteiger partial charge in [-0.05, 0) is 103 Å². The number of nitrogens with zero attached hydrogens (tertiary/aromatic N) is 2. The summed E-state index contributed by atoms with van der Waals surface area (Å²) >= 11 is 1.82. The molecular weight excluding hydrogens is 673 g/mol. The lowest BCUT2D eigenvalue weighted by Crippen LogP contribution is -1.97. The van der Waals surface area contributed by atoms with Crippen LogP contribution in [0, 0.1) is 0 Å². The van der Waals surface area contributed by atoms with Crippen molar-refractivity contribution in [3.05, 3.63) is 194 Å². The van der Waals surface area contributed by atoms with Crippen molar-refractivity contribution in [3.8, 4) is 50.5 Å². The van der Waals surface area contributed by atoms with Crippen molar-refractivity contribution >= 4 is 64.1 Å². The molecular formula is C51H32N2S. The van der Waals surface area contributed by atoms with Crippen LogP contribution in [0.1, 0.15) is 6.85 Å². The fraction of sp³-hybridized carbons (Fsp3) is 0. The number of aromatic nitrogens is 2. The maximum absolute atomic E-state index is 8.94. The summed E-state index contributed by atoms with van der Waals surface area (Å²) in [4.78, 5) is 5.06. The van der Waals surface area contributed by atoms with Crippen LogP contribution in [0.3, 0.4) is 0 Å². The van der Waals surface area contributed by atoms with E-state index in [0.29, 0.717) is 16.9 Å². The van der Waals surface area contributed by atoms with E-state index in [1.54, 1.807) is 4.57 Å². The molecule has 2 heterocycles. The second kappa shape index (κ2) is 12.4. The number of imidazole rings is 1. The van der Waals surface area contributed by atoms with Crippen LogP contribution in [0.2, 0.25) is 0 Å². The van der Waals surface area contributed by atoms with Crippen molar-refractivity contribution in [1.29, 1.82) is 0 Å². The SMILES string of the molecule is [2H]c1c([2H])c([2H])c(-n2c(-c3cccc(-c4c5ccccc5c(-c5cccc6sc7ccccc7c56)c5cc(-c6ccccc6)ccc45)c3)nc3ccccc32)c([2H])c1[2H]. The molecule has 0 saturated carbocycles. The van der Waals surface area contributed by atoms with Gasteiger partial charge in [-0.3, -0.25) is 4.57 Å². The number of hydrogen-bond acceptors (Lipinski definition) is 2. The summed E-state index contributed by atoms with van der Waals surface area (Å²) in [7, 11) is 0. The zero-order valence-corrected chi connectivity index (χ0v) is 29.7. The van der Waals surface area contributed by atoms with Crippen molar-refractivity contribution in [1.82, 2.24) is 9.55 Å². The third kappa shape index (κ3) is 4.83. The monoisotopic (exact) mass is 709 g/mol. The summed E-state index contributed by atoms with van der Waals surface area (Å²) in [6.45, 7) is 0. The number of hydrogen-bond donors (Lipinski definition) is 0. The molecule has 0 spiro atoms. The lowest BCUT2D eigenvalue weighted by atomic mass is 9.83. The summed E-state index contributed by atoms with van der Waals surface area (Å²) < 4.78 is 47.4. The number of thiophene rings is 1. The van der Waals surface area contributed by atoms with E-state index >= 15 is 0 Å². The van der Waals surface area contributed by atoms with Gasteiger partial charge in [0.1, 0.15) is 5.82 Å². The fourth-order valence-electron chi connectivity index (χ4n) is 8.19. The van der Waals surface area contributed by atoms with E-state index in [1.807, 2.05) is 53.8 Å². The highest BCUT2D eigenvalue weighted by atomic mass is 32.1. The molecule has 0 aliphatic rings. The minimum absolute atomic E-state index is 0.0638. The van der Waals surface area contributed by atoms with E-state index in [2.05, 4.69) is 121 Å². The van der Waals surface area contributed by atoms with E-state index in [0.717, 1.165) is 49.4 Å². The Labute approximate surface area is 323 Å². The zero-order valence-electron chi connectivity index (χ0n) is 33.9. The van der Waals surface area contributed by atoms with Crippen LogP contribution >= 0.6 is 11.3 Å². The van der Waals surface area contributed by atoms with Gasteiger partial charge in [-0.25, -0.2) is 4.98 Å². The number of para-hydroxylation sites is 3. The first-order valence-electron chi connectivity index (χ1n) is 20.5. The van der Waals surface area contributed by atoms with Gasteiger partial charge in [-0.2, -0.15) is 0 Å². The van der Waals surface area contributed by atoms with Gasteiger partial charge in [-0.1, -0.05) is 146 Å². The van der Waals surface area contributed by atoms with E-state index in [1.165, 1.54) is 31.3 Å². The average molecular weight is 710 g/mol. The minimum atomic E-state index is -0.433. The van der Waals surface area contributed by atoms with Gasteiger partial charge in [0.05, 0.1) is 17.9 Å². The van der Waals surface area contributed by atoms with Crippen molar-refractivity contribution in [3.63, 3.8) is 0 Å². The van der Waals surface area contributed by atoms with Crippen LogP contribution in [-0.4, -0.2) is 9.55 Å². The molecule has 9 aromatic carbocycles. The van der Waals surface area contributed by atoms with Gasteiger partial charge in [-0.15, -0.1) is 11.3 Å². The maximum atomic E-state index is 8.94. The highest BCUT2D eigenvalue weighted by Crippen LogP contribution is 2.49. The Morgan fingerprint density at radius 1 is 0.463 bits per heavy atom. The Morgan fingerprint density at radius 3 is 2.00 bits per heavy atom. The van der Waals surface area contributed by atoms with Crippen molar-refractivity contribution in [2.45, 2.75) is 0 Å². The quantitative estimate of drug-likeness (QED) is 0.163. The van der Waals surface area contributed by atoms with Crippen LogP contribution in [-0.2, 0) is 0 Å². The molecule has 0 aliphatic carbocycles. The van der Waals surface area contributed by atoms with E-state index in [4.69, 9.17) is 11.8 Å². The number of fused-ring (bicyclic) bond motifs is 6. The molecule has 0 fully saturated rings. The molecule has 11 rings (SSSR count).